The van der Waals surface area contributed by atoms with Crippen LogP contribution in [0.2, 0.25) is 10.0 Å². The van der Waals surface area contributed by atoms with Crippen LogP contribution in [0.25, 0.3) is 0 Å². The predicted molar refractivity (Wildman–Crippen MR) is 141 cm³/mol. The molecule has 3 aromatic rings. The van der Waals surface area contributed by atoms with E-state index in [4.69, 9.17) is 37.4 Å². The highest BCUT2D eigenvalue weighted by molar-refractivity contribution is 6.42. The SMILES string of the molecule is COc1cc(CN2CCC[C@](O)(COc3ccc(Cl)c(Cl)c3)CC2)ccc1OCCCn1cccn1. The van der Waals surface area contributed by atoms with Gasteiger partial charge in [0.05, 0.1) is 29.4 Å². The molecule has 0 unspecified atom stereocenters. The minimum absolute atomic E-state index is 0.221. The van der Waals surface area contributed by atoms with Crippen LogP contribution in [0.3, 0.4) is 0 Å². The van der Waals surface area contributed by atoms with Gasteiger partial charge in [-0.25, -0.2) is 0 Å². The Morgan fingerprint density at radius 2 is 1.92 bits per heavy atom. The van der Waals surface area contributed by atoms with Gasteiger partial charge in [-0.05, 0) is 61.7 Å². The fraction of sp³-hybridized carbons (Fsp3) is 0.444. The molecule has 0 spiro atoms. The molecule has 4 rings (SSSR count). The molecule has 0 bridgehead atoms. The Bertz CT molecular complexity index is 1110. The van der Waals surface area contributed by atoms with Gasteiger partial charge < -0.3 is 19.3 Å². The van der Waals surface area contributed by atoms with E-state index in [9.17, 15) is 5.11 Å². The molecule has 0 aliphatic carbocycles. The summed E-state index contributed by atoms with van der Waals surface area (Å²) in [6.45, 7) is 4.08. The van der Waals surface area contributed by atoms with Gasteiger partial charge in [0.1, 0.15) is 12.4 Å². The van der Waals surface area contributed by atoms with Gasteiger partial charge >= 0.3 is 0 Å². The van der Waals surface area contributed by atoms with Crippen molar-refractivity contribution in [3.05, 3.63) is 70.5 Å². The monoisotopic (exact) mass is 533 g/mol. The van der Waals surface area contributed by atoms with Crippen molar-refractivity contribution < 1.29 is 19.3 Å². The van der Waals surface area contributed by atoms with E-state index >= 15 is 0 Å². The summed E-state index contributed by atoms with van der Waals surface area (Å²) in [7, 11) is 1.66. The van der Waals surface area contributed by atoms with Crippen LogP contribution in [0.4, 0.5) is 0 Å². The highest BCUT2D eigenvalue weighted by Gasteiger charge is 2.31. The lowest BCUT2D eigenvalue weighted by molar-refractivity contribution is -0.0168. The molecular formula is C27H33Cl2N3O4. The zero-order valence-electron chi connectivity index (χ0n) is 20.5. The Labute approximate surface area is 222 Å². The standard InChI is InChI=1S/C27H33Cl2N3O4/c1-34-26-17-21(5-8-25(26)35-16-4-14-32-13-3-11-30-32)19-31-12-2-9-27(33,10-15-31)20-36-22-6-7-23(28)24(29)18-22/h3,5-8,11,13,17-18,33H,2,4,9-10,12,14-16,19-20H2,1H3/t27-/m1/s1. The lowest BCUT2D eigenvalue weighted by atomic mass is 9.96. The maximum Gasteiger partial charge on any atom is 0.161 e. The van der Waals surface area contributed by atoms with Crippen LogP contribution < -0.4 is 14.2 Å². The molecule has 0 radical (unpaired) electrons. The van der Waals surface area contributed by atoms with Crippen LogP contribution in [-0.2, 0) is 13.1 Å². The number of hydrogen-bond donors (Lipinski definition) is 1. The first-order chi connectivity index (χ1) is 17.4. The van der Waals surface area contributed by atoms with Gasteiger partial charge in [0, 0.05) is 44.5 Å². The Balaban J connectivity index is 1.26. The zero-order valence-corrected chi connectivity index (χ0v) is 22.0. The van der Waals surface area contributed by atoms with Crippen molar-refractivity contribution in [2.45, 2.75) is 44.4 Å². The number of halogens is 2. The van der Waals surface area contributed by atoms with E-state index in [0.717, 1.165) is 56.1 Å². The average Bonchev–Trinajstić information content (AvgIpc) is 3.33. The van der Waals surface area contributed by atoms with E-state index < -0.39 is 5.60 Å². The molecule has 1 saturated heterocycles. The number of aryl methyl sites for hydroxylation is 1. The molecule has 1 aliphatic rings. The minimum Gasteiger partial charge on any atom is -0.493 e. The second-order valence-electron chi connectivity index (χ2n) is 9.17. The third kappa shape index (κ3) is 7.53. The second-order valence-corrected chi connectivity index (χ2v) is 9.99. The summed E-state index contributed by atoms with van der Waals surface area (Å²) in [4.78, 5) is 2.36. The van der Waals surface area contributed by atoms with E-state index in [1.54, 1.807) is 31.5 Å². The van der Waals surface area contributed by atoms with E-state index in [-0.39, 0.29) is 6.61 Å². The first-order valence-corrected chi connectivity index (χ1v) is 13.0. The van der Waals surface area contributed by atoms with Crippen molar-refractivity contribution in [3.63, 3.8) is 0 Å². The molecule has 1 aliphatic heterocycles. The highest BCUT2D eigenvalue weighted by atomic mass is 35.5. The third-order valence-electron chi connectivity index (χ3n) is 6.39. The molecule has 36 heavy (non-hydrogen) atoms. The van der Waals surface area contributed by atoms with Gasteiger partial charge in [-0.15, -0.1) is 0 Å². The van der Waals surface area contributed by atoms with Gasteiger partial charge in [0.15, 0.2) is 11.5 Å². The molecule has 0 saturated carbocycles. The molecule has 9 heteroatoms. The summed E-state index contributed by atoms with van der Waals surface area (Å²) in [5, 5.41) is 16.3. The van der Waals surface area contributed by atoms with Crippen LogP contribution in [0.1, 0.15) is 31.2 Å². The minimum atomic E-state index is -0.883. The first-order valence-electron chi connectivity index (χ1n) is 12.2. The quantitative estimate of drug-likeness (QED) is 0.330. The topological polar surface area (TPSA) is 69.0 Å². The van der Waals surface area contributed by atoms with Gasteiger partial charge in [-0.2, -0.15) is 5.10 Å². The molecule has 0 amide bonds. The van der Waals surface area contributed by atoms with Gasteiger partial charge in [-0.1, -0.05) is 29.3 Å². The Morgan fingerprint density at radius 1 is 1.03 bits per heavy atom. The first kappa shape index (κ1) is 26.6. The molecule has 2 aromatic carbocycles. The molecule has 1 fully saturated rings. The predicted octanol–water partition coefficient (Wildman–Crippen LogP) is 5.46. The lowest BCUT2D eigenvalue weighted by Crippen LogP contribution is -2.37. The van der Waals surface area contributed by atoms with E-state index in [2.05, 4.69) is 16.1 Å². The number of ether oxygens (including phenoxy) is 3. The molecule has 1 aromatic heterocycles. The van der Waals surface area contributed by atoms with Crippen LogP contribution in [0, 0.1) is 0 Å². The molecule has 194 valence electrons. The number of likely N-dealkylation sites (tertiary alicyclic amines) is 1. The maximum absolute atomic E-state index is 11.1. The number of rotatable bonds is 11. The Kier molecular flexibility index (Phi) is 9.37. The lowest BCUT2D eigenvalue weighted by Gasteiger charge is -2.27. The largest absolute Gasteiger partial charge is 0.493 e. The van der Waals surface area contributed by atoms with Crippen molar-refractivity contribution in [1.82, 2.24) is 14.7 Å². The number of benzene rings is 2. The number of aromatic nitrogens is 2. The third-order valence-corrected chi connectivity index (χ3v) is 7.13. The summed E-state index contributed by atoms with van der Waals surface area (Å²) in [5.41, 5.74) is 0.264. The van der Waals surface area contributed by atoms with Crippen molar-refractivity contribution >= 4 is 23.2 Å². The zero-order chi connectivity index (χ0) is 25.4. The summed E-state index contributed by atoms with van der Waals surface area (Å²) in [6.07, 6.45) is 6.77. The van der Waals surface area contributed by atoms with Gasteiger partial charge in [0.2, 0.25) is 0 Å². The second kappa shape index (κ2) is 12.7. The smallest absolute Gasteiger partial charge is 0.161 e. The molecule has 2 heterocycles. The molecule has 7 nitrogen and oxygen atoms in total. The van der Waals surface area contributed by atoms with Crippen molar-refractivity contribution in [1.29, 1.82) is 0 Å². The van der Waals surface area contributed by atoms with E-state index in [1.165, 1.54) is 0 Å². The van der Waals surface area contributed by atoms with Crippen molar-refractivity contribution in [2.24, 2.45) is 0 Å². The molecular weight excluding hydrogens is 501 g/mol. The van der Waals surface area contributed by atoms with Crippen molar-refractivity contribution in [2.75, 3.05) is 33.4 Å². The number of hydrogen-bond acceptors (Lipinski definition) is 6. The fourth-order valence-electron chi connectivity index (χ4n) is 4.35. The molecule has 1 atom stereocenters. The van der Waals surface area contributed by atoms with E-state index in [1.807, 2.05) is 29.1 Å². The summed E-state index contributed by atoms with van der Waals surface area (Å²) in [6, 6.07) is 13.1. The Hall–Kier alpha value is -2.45. The Morgan fingerprint density at radius 3 is 2.69 bits per heavy atom. The van der Waals surface area contributed by atoms with E-state index in [0.29, 0.717) is 35.2 Å². The summed E-state index contributed by atoms with van der Waals surface area (Å²) >= 11 is 12.0. The number of nitrogens with zero attached hydrogens (tertiary/aromatic N) is 3. The van der Waals surface area contributed by atoms with Crippen LogP contribution in [0.15, 0.2) is 54.9 Å². The number of aliphatic hydroxyl groups is 1. The van der Waals surface area contributed by atoms with Crippen LogP contribution in [-0.4, -0.2) is 58.8 Å². The number of methoxy groups -OCH3 is 1. The van der Waals surface area contributed by atoms with Crippen LogP contribution in [0.5, 0.6) is 17.2 Å². The average molecular weight is 534 g/mol. The summed E-state index contributed by atoms with van der Waals surface area (Å²) in [5.74, 6) is 2.08. The van der Waals surface area contributed by atoms with Crippen molar-refractivity contribution in [3.8, 4) is 17.2 Å². The van der Waals surface area contributed by atoms with Gasteiger partial charge in [-0.3, -0.25) is 9.58 Å². The summed E-state index contributed by atoms with van der Waals surface area (Å²) < 4.78 is 19.3. The normalized spacial score (nSPS) is 18.6. The van der Waals surface area contributed by atoms with Gasteiger partial charge in [0.25, 0.3) is 0 Å². The van der Waals surface area contributed by atoms with Crippen LogP contribution >= 0.6 is 23.2 Å². The maximum atomic E-state index is 11.1. The fourth-order valence-corrected chi connectivity index (χ4v) is 4.64. The molecule has 1 N–H and O–H groups in total. The highest BCUT2D eigenvalue weighted by Crippen LogP contribution is 2.31.